The largest absolute Gasteiger partial charge is 0.481 e. The quantitative estimate of drug-likeness (QED) is 0.854. The van der Waals surface area contributed by atoms with E-state index in [2.05, 4.69) is 20.6 Å². The summed E-state index contributed by atoms with van der Waals surface area (Å²) in [7, 11) is 1.52. The number of urea groups is 1. The maximum atomic E-state index is 11.7. The lowest BCUT2D eigenvalue weighted by atomic mass is 9.80. The van der Waals surface area contributed by atoms with E-state index in [9.17, 15) is 4.79 Å². The van der Waals surface area contributed by atoms with Crippen LogP contribution < -0.4 is 15.4 Å². The van der Waals surface area contributed by atoms with Gasteiger partial charge in [-0.25, -0.2) is 14.8 Å². The molecule has 0 aromatic carbocycles. The Balaban J connectivity index is 1.85. The molecule has 1 aliphatic rings. The first-order chi connectivity index (χ1) is 8.69. The predicted molar refractivity (Wildman–Crippen MR) is 67.5 cm³/mol. The molecule has 0 radical (unpaired) electrons. The van der Waals surface area contributed by atoms with Gasteiger partial charge in [0.1, 0.15) is 12.1 Å². The zero-order valence-electron chi connectivity index (χ0n) is 10.6. The summed E-state index contributed by atoms with van der Waals surface area (Å²) in [6.07, 6.45) is 5.01. The number of nitrogens with zero attached hydrogens (tertiary/aromatic N) is 2. The van der Waals surface area contributed by atoms with Crippen LogP contribution in [0.25, 0.3) is 0 Å². The van der Waals surface area contributed by atoms with E-state index in [1.54, 1.807) is 6.07 Å². The third-order valence-corrected chi connectivity index (χ3v) is 3.31. The molecule has 1 heterocycles. The molecule has 0 aliphatic heterocycles. The van der Waals surface area contributed by atoms with Gasteiger partial charge < -0.3 is 10.1 Å². The molecule has 1 unspecified atom stereocenters. The van der Waals surface area contributed by atoms with Crippen LogP contribution in [0.1, 0.15) is 26.2 Å². The van der Waals surface area contributed by atoms with Gasteiger partial charge in [-0.1, -0.05) is 6.42 Å². The maximum Gasteiger partial charge on any atom is 0.320 e. The number of aromatic nitrogens is 2. The van der Waals surface area contributed by atoms with E-state index < -0.39 is 0 Å². The minimum Gasteiger partial charge on any atom is -0.481 e. The molecule has 1 saturated carbocycles. The van der Waals surface area contributed by atoms with Gasteiger partial charge in [-0.3, -0.25) is 5.32 Å². The smallest absolute Gasteiger partial charge is 0.320 e. The zero-order chi connectivity index (χ0) is 13.0. The second-order valence-corrected chi connectivity index (χ2v) is 4.52. The van der Waals surface area contributed by atoms with Crippen LogP contribution in [0.3, 0.4) is 0 Å². The van der Waals surface area contributed by atoms with Gasteiger partial charge in [0.05, 0.1) is 7.11 Å². The number of carbonyl (C=O) groups is 1. The average molecular weight is 250 g/mol. The molecule has 98 valence electrons. The van der Waals surface area contributed by atoms with Crippen LogP contribution in [0.5, 0.6) is 5.88 Å². The van der Waals surface area contributed by atoms with E-state index >= 15 is 0 Å². The van der Waals surface area contributed by atoms with Gasteiger partial charge in [0.2, 0.25) is 5.88 Å². The number of anilines is 1. The van der Waals surface area contributed by atoms with E-state index in [0.717, 1.165) is 0 Å². The summed E-state index contributed by atoms with van der Waals surface area (Å²) in [5.74, 6) is 1.46. The highest BCUT2D eigenvalue weighted by molar-refractivity contribution is 5.88. The number of ether oxygens (including phenoxy) is 1. The summed E-state index contributed by atoms with van der Waals surface area (Å²) in [5, 5.41) is 5.59. The second-order valence-electron chi connectivity index (χ2n) is 4.52. The van der Waals surface area contributed by atoms with Gasteiger partial charge in [0, 0.05) is 12.1 Å². The second kappa shape index (κ2) is 5.66. The minimum atomic E-state index is -0.241. The van der Waals surface area contributed by atoms with Crippen molar-refractivity contribution < 1.29 is 9.53 Å². The molecule has 1 atom stereocenters. The summed E-state index contributed by atoms with van der Waals surface area (Å²) < 4.78 is 4.96. The van der Waals surface area contributed by atoms with Gasteiger partial charge in [-0.05, 0) is 25.7 Å². The van der Waals surface area contributed by atoms with Crippen LogP contribution in [0, 0.1) is 5.92 Å². The molecule has 0 bridgehead atoms. The lowest BCUT2D eigenvalue weighted by molar-refractivity contribution is 0.222. The Morgan fingerprint density at radius 3 is 2.89 bits per heavy atom. The van der Waals surface area contributed by atoms with Gasteiger partial charge in [0.25, 0.3) is 0 Å². The molecule has 1 aromatic rings. The number of carbonyl (C=O) groups excluding carboxylic acids is 1. The highest BCUT2D eigenvalue weighted by atomic mass is 16.5. The van der Waals surface area contributed by atoms with Crippen LogP contribution in [0.15, 0.2) is 12.4 Å². The van der Waals surface area contributed by atoms with Crippen molar-refractivity contribution in [3.63, 3.8) is 0 Å². The molecule has 1 fully saturated rings. The lowest BCUT2D eigenvalue weighted by Crippen LogP contribution is -2.42. The van der Waals surface area contributed by atoms with Gasteiger partial charge in [-0.15, -0.1) is 0 Å². The van der Waals surface area contributed by atoms with Crippen LogP contribution >= 0.6 is 0 Å². The molecular formula is C12H18N4O2. The molecule has 2 rings (SSSR count). The molecule has 0 saturated heterocycles. The first-order valence-corrected chi connectivity index (χ1v) is 6.12. The zero-order valence-corrected chi connectivity index (χ0v) is 10.6. The van der Waals surface area contributed by atoms with Crippen molar-refractivity contribution in [3.8, 4) is 5.88 Å². The average Bonchev–Trinajstić information content (AvgIpc) is 2.26. The fourth-order valence-corrected chi connectivity index (χ4v) is 1.94. The number of rotatable bonds is 4. The topological polar surface area (TPSA) is 76.1 Å². The van der Waals surface area contributed by atoms with E-state index in [1.807, 2.05) is 6.92 Å². The fourth-order valence-electron chi connectivity index (χ4n) is 1.94. The molecule has 6 heteroatoms. The van der Waals surface area contributed by atoms with Crippen LogP contribution in [-0.4, -0.2) is 29.2 Å². The highest BCUT2D eigenvalue weighted by Gasteiger charge is 2.24. The number of nitrogens with one attached hydrogen (secondary N) is 2. The summed E-state index contributed by atoms with van der Waals surface area (Å²) >= 11 is 0. The van der Waals surface area contributed by atoms with Crippen LogP contribution in [0.2, 0.25) is 0 Å². The molecule has 1 aliphatic carbocycles. The van der Waals surface area contributed by atoms with Crippen molar-refractivity contribution in [2.24, 2.45) is 5.92 Å². The Morgan fingerprint density at radius 2 is 2.28 bits per heavy atom. The first-order valence-electron chi connectivity index (χ1n) is 6.12. The molecule has 2 N–H and O–H groups in total. The summed E-state index contributed by atoms with van der Waals surface area (Å²) in [6, 6.07) is 1.53. The molecule has 6 nitrogen and oxygen atoms in total. The number of hydrogen-bond acceptors (Lipinski definition) is 4. The monoisotopic (exact) mass is 250 g/mol. The Labute approximate surface area is 106 Å². The van der Waals surface area contributed by atoms with E-state index in [-0.39, 0.29) is 12.1 Å². The van der Waals surface area contributed by atoms with E-state index in [0.29, 0.717) is 17.6 Å². The Bertz CT molecular complexity index is 420. The third-order valence-electron chi connectivity index (χ3n) is 3.31. The SMILES string of the molecule is COc1cc(NC(=O)NC(C)C2CCC2)ncn1. The van der Waals surface area contributed by atoms with Crippen LogP contribution in [-0.2, 0) is 0 Å². The van der Waals surface area contributed by atoms with Gasteiger partial charge in [-0.2, -0.15) is 0 Å². The van der Waals surface area contributed by atoms with Crippen molar-refractivity contribution in [1.29, 1.82) is 0 Å². The van der Waals surface area contributed by atoms with Crippen molar-refractivity contribution in [1.82, 2.24) is 15.3 Å². The normalized spacial score (nSPS) is 16.6. The summed E-state index contributed by atoms with van der Waals surface area (Å²) in [6.45, 7) is 2.03. The Hall–Kier alpha value is -1.85. The van der Waals surface area contributed by atoms with Crippen molar-refractivity contribution in [2.75, 3.05) is 12.4 Å². The van der Waals surface area contributed by atoms with E-state index in [4.69, 9.17) is 4.74 Å². The molecule has 18 heavy (non-hydrogen) atoms. The Morgan fingerprint density at radius 1 is 1.50 bits per heavy atom. The maximum absolute atomic E-state index is 11.7. The minimum absolute atomic E-state index is 0.197. The van der Waals surface area contributed by atoms with Crippen LogP contribution in [0.4, 0.5) is 10.6 Å². The van der Waals surface area contributed by atoms with Crippen molar-refractivity contribution >= 4 is 11.8 Å². The molecule has 1 aromatic heterocycles. The molecular weight excluding hydrogens is 232 g/mol. The highest BCUT2D eigenvalue weighted by Crippen LogP contribution is 2.29. The van der Waals surface area contributed by atoms with E-state index in [1.165, 1.54) is 32.7 Å². The van der Waals surface area contributed by atoms with Gasteiger partial charge >= 0.3 is 6.03 Å². The third kappa shape index (κ3) is 3.09. The number of amides is 2. The molecule has 2 amide bonds. The lowest BCUT2D eigenvalue weighted by Gasteiger charge is -2.31. The first kappa shape index (κ1) is 12.6. The molecule has 0 spiro atoms. The summed E-state index contributed by atoms with van der Waals surface area (Å²) in [4.78, 5) is 19.6. The Kier molecular flexibility index (Phi) is 3.96. The van der Waals surface area contributed by atoms with Crippen molar-refractivity contribution in [2.45, 2.75) is 32.2 Å². The predicted octanol–water partition coefficient (Wildman–Crippen LogP) is 1.80. The number of methoxy groups -OCH3 is 1. The van der Waals surface area contributed by atoms with Crippen molar-refractivity contribution in [3.05, 3.63) is 12.4 Å². The van der Waals surface area contributed by atoms with Gasteiger partial charge in [0.15, 0.2) is 0 Å². The standard InChI is InChI=1S/C12H18N4O2/c1-8(9-4-3-5-9)15-12(17)16-10-6-11(18-2)14-7-13-10/h6-9H,3-5H2,1-2H3,(H2,13,14,15,16,17). The number of hydrogen-bond donors (Lipinski definition) is 2. The fraction of sp³-hybridized carbons (Fsp3) is 0.583. The summed E-state index contributed by atoms with van der Waals surface area (Å²) in [5.41, 5.74) is 0.